The minimum absolute atomic E-state index is 0.208. The first-order chi connectivity index (χ1) is 7.20. The molecule has 1 saturated heterocycles. The van der Waals surface area contributed by atoms with Crippen molar-refractivity contribution >= 4 is 21.6 Å². The van der Waals surface area contributed by atoms with Crippen LogP contribution in [-0.4, -0.2) is 19.6 Å². The molecule has 2 rings (SSSR count). The van der Waals surface area contributed by atoms with Crippen molar-refractivity contribution in [3.8, 4) is 0 Å². The minimum atomic E-state index is -0.208. The fourth-order valence-corrected chi connectivity index (χ4v) is 2.58. The summed E-state index contributed by atoms with van der Waals surface area (Å²) in [6, 6.07) is 4.82. The minimum Gasteiger partial charge on any atom is -0.370 e. The third-order valence-corrected chi connectivity index (χ3v) is 3.50. The van der Waals surface area contributed by atoms with E-state index in [9.17, 15) is 4.39 Å². The molecule has 0 aromatic heterocycles. The van der Waals surface area contributed by atoms with E-state index in [1.807, 2.05) is 6.07 Å². The molecule has 0 aliphatic carbocycles. The molecular weight excluding hydrogens is 259 g/mol. The van der Waals surface area contributed by atoms with Gasteiger partial charge in [-0.15, -0.1) is 0 Å². The number of nitrogens with zero attached hydrogens (tertiary/aromatic N) is 1. The molecule has 1 fully saturated rings. The van der Waals surface area contributed by atoms with Crippen LogP contribution in [0.3, 0.4) is 0 Å². The molecule has 0 saturated carbocycles. The quantitative estimate of drug-likeness (QED) is 0.896. The van der Waals surface area contributed by atoms with Crippen LogP contribution >= 0.6 is 15.9 Å². The highest BCUT2D eigenvalue weighted by Crippen LogP contribution is 2.30. The third-order valence-electron chi connectivity index (χ3n) is 2.87. The van der Waals surface area contributed by atoms with Gasteiger partial charge in [-0.05, 0) is 53.0 Å². The zero-order valence-electron chi connectivity index (χ0n) is 8.42. The number of anilines is 1. The van der Waals surface area contributed by atoms with Crippen LogP contribution in [0.1, 0.15) is 6.42 Å². The van der Waals surface area contributed by atoms with Crippen LogP contribution in [-0.2, 0) is 0 Å². The lowest BCUT2D eigenvalue weighted by Crippen LogP contribution is -2.22. The monoisotopic (exact) mass is 272 g/mol. The van der Waals surface area contributed by atoms with Crippen LogP contribution in [0.15, 0.2) is 22.7 Å². The highest BCUT2D eigenvalue weighted by molar-refractivity contribution is 9.10. The average Bonchev–Trinajstić information content (AvgIpc) is 2.66. The molecule has 1 atom stereocenters. The van der Waals surface area contributed by atoms with Gasteiger partial charge in [-0.2, -0.15) is 0 Å². The van der Waals surface area contributed by atoms with Crippen molar-refractivity contribution in [1.82, 2.24) is 0 Å². The van der Waals surface area contributed by atoms with Gasteiger partial charge in [-0.3, -0.25) is 0 Å². The first kappa shape index (κ1) is 10.9. The standard InChI is InChI=1S/C11H14BrFN2/c12-10-5-9(13)1-2-11(10)15-4-3-8(6-14)7-15/h1-2,5,8H,3-4,6-7,14H2. The smallest absolute Gasteiger partial charge is 0.124 e. The van der Waals surface area contributed by atoms with Crippen molar-refractivity contribution in [3.05, 3.63) is 28.5 Å². The average molecular weight is 273 g/mol. The first-order valence-electron chi connectivity index (χ1n) is 5.11. The molecule has 1 unspecified atom stereocenters. The van der Waals surface area contributed by atoms with Crippen molar-refractivity contribution in [3.63, 3.8) is 0 Å². The molecule has 2 N–H and O–H groups in total. The second kappa shape index (κ2) is 4.49. The van der Waals surface area contributed by atoms with Gasteiger partial charge in [0.25, 0.3) is 0 Å². The molecule has 0 spiro atoms. The second-order valence-corrected chi connectivity index (χ2v) is 4.79. The lowest BCUT2D eigenvalue weighted by atomic mass is 10.1. The molecule has 4 heteroatoms. The van der Waals surface area contributed by atoms with E-state index in [1.54, 1.807) is 0 Å². The number of nitrogens with two attached hydrogens (primary N) is 1. The normalized spacial score (nSPS) is 21.0. The van der Waals surface area contributed by atoms with E-state index in [-0.39, 0.29) is 5.82 Å². The Labute approximate surface area is 97.4 Å². The van der Waals surface area contributed by atoms with Gasteiger partial charge in [-0.1, -0.05) is 0 Å². The molecule has 0 radical (unpaired) electrons. The van der Waals surface area contributed by atoms with Crippen molar-refractivity contribution in [2.24, 2.45) is 11.7 Å². The Balaban J connectivity index is 2.17. The topological polar surface area (TPSA) is 29.3 Å². The van der Waals surface area contributed by atoms with Gasteiger partial charge >= 0.3 is 0 Å². The number of benzene rings is 1. The third kappa shape index (κ3) is 2.32. The summed E-state index contributed by atoms with van der Waals surface area (Å²) in [7, 11) is 0. The van der Waals surface area contributed by atoms with Gasteiger partial charge < -0.3 is 10.6 Å². The second-order valence-electron chi connectivity index (χ2n) is 3.93. The Hall–Kier alpha value is -0.610. The van der Waals surface area contributed by atoms with E-state index < -0.39 is 0 Å². The van der Waals surface area contributed by atoms with Gasteiger partial charge in [0.2, 0.25) is 0 Å². The van der Waals surface area contributed by atoms with Crippen LogP contribution in [0, 0.1) is 11.7 Å². The van der Waals surface area contributed by atoms with E-state index in [1.165, 1.54) is 12.1 Å². The van der Waals surface area contributed by atoms with Gasteiger partial charge in [0.15, 0.2) is 0 Å². The van der Waals surface area contributed by atoms with Crippen LogP contribution in [0.5, 0.6) is 0 Å². The predicted molar refractivity (Wildman–Crippen MR) is 63.5 cm³/mol. The van der Waals surface area contributed by atoms with Gasteiger partial charge in [0.1, 0.15) is 5.82 Å². The molecule has 1 aromatic carbocycles. The van der Waals surface area contributed by atoms with E-state index in [4.69, 9.17) is 5.73 Å². The predicted octanol–water partition coefficient (Wildman–Crippen LogP) is 2.37. The van der Waals surface area contributed by atoms with Crippen LogP contribution in [0.2, 0.25) is 0 Å². The summed E-state index contributed by atoms with van der Waals surface area (Å²) in [5, 5.41) is 0. The summed E-state index contributed by atoms with van der Waals surface area (Å²) in [5.41, 5.74) is 6.70. The van der Waals surface area contributed by atoms with Gasteiger partial charge in [-0.25, -0.2) is 4.39 Å². The summed E-state index contributed by atoms with van der Waals surface area (Å²) in [6.07, 6.45) is 1.13. The summed E-state index contributed by atoms with van der Waals surface area (Å²) < 4.78 is 13.7. The van der Waals surface area contributed by atoms with Crippen LogP contribution < -0.4 is 10.6 Å². The number of halogens is 2. The molecule has 2 nitrogen and oxygen atoms in total. The van der Waals surface area contributed by atoms with E-state index in [0.29, 0.717) is 5.92 Å². The van der Waals surface area contributed by atoms with E-state index >= 15 is 0 Å². The molecule has 1 heterocycles. The van der Waals surface area contributed by atoms with Gasteiger partial charge in [0.05, 0.1) is 5.69 Å². The molecule has 0 bridgehead atoms. The Morgan fingerprint density at radius 2 is 2.33 bits per heavy atom. The Bertz CT molecular complexity index is 356. The number of hydrogen-bond acceptors (Lipinski definition) is 2. The largest absolute Gasteiger partial charge is 0.370 e. The Morgan fingerprint density at radius 3 is 2.93 bits per heavy atom. The summed E-state index contributed by atoms with van der Waals surface area (Å²) >= 11 is 3.39. The molecule has 0 amide bonds. The van der Waals surface area contributed by atoms with Crippen LogP contribution in [0.25, 0.3) is 0 Å². The van der Waals surface area contributed by atoms with Crippen molar-refractivity contribution in [1.29, 1.82) is 0 Å². The van der Waals surface area contributed by atoms with Crippen molar-refractivity contribution in [2.45, 2.75) is 6.42 Å². The molecule has 82 valence electrons. The number of rotatable bonds is 2. The SMILES string of the molecule is NCC1CCN(c2ccc(F)cc2Br)C1. The maximum absolute atomic E-state index is 12.9. The molecule has 1 aliphatic heterocycles. The van der Waals surface area contributed by atoms with E-state index in [2.05, 4.69) is 20.8 Å². The zero-order chi connectivity index (χ0) is 10.8. The molecular formula is C11H14BrFN2. The summed E-state index contributed by atoms with van der Waals surface area (Å²) in [4.78, 5) is 2.25. The Kier molecular flexibility index (Phi) is 3.26. The van der Waals surface area contributed by atoms with Crippen molar-refractivity contribution in [2.75, 3.05) is 24.5 Å². The molecule has 1 aromatic rings. The Morgan fingerprint density at radius 1 is 1.53 bits per heavy atom. The fraction of sp³-hybridized carbons (Fsp3) is 0.455. The first-order valence-corrected chi connectivity index (χ1v) is 5.90. The van der Waals surface area contributed by atoms with Gasteiger partial charge in [0, 0.05) is 17.6 Å². The highest BCUT2D eigenvalue weighted by Gasteiger charge is 2.22. The maximum atomic E-state index is 12.9. The van der Waals surface area contributed by atoms with E-state index in [0.717, 1.165) is 36.2 Å². The highest BCUT2D eigenvalue weighted by atomic mass is 79.9. The van der Waals surface area contributed by atoms with Crippen molar-refractivity contribution < 1.29 is 4.39 Å². The lowest BCUT2D eigenvalue weighted by molar-refractivity contribution is 0.602. The zero-order valence-corrected chi connectivity index (χ0v) is 10.0. The molecule has 1 aliphatic rings. The summed E-state index contributed by atoms with van der Waals surface area (Å²) in [6.45, 7) is 2.71. The maximum Gasteiger partial charge on any atom is 0.124 e. The lowest BCUT2D eigenvalue weighted by Gasteiger charge is -2.20. The number of hydrogen-bond donors (Lipinski definition) is 1. The molecule has 15 heavy (non-hydrogen) atoms. The van der Waals surface area contributed by atoms with Crippen LogP contribution in [0.4, 0.5) is 10.1 Å². The summed E-state index contributed by atoms with van der Waals surface area (Å²) in [5.74, 6) is 0.363. The fourth-order valence-electron chi connectivity index (χ4n) is 1.98.